The maximum Gasteiger partial charge on any atom is 0.326 e. The first-order valence-electron chi connectivity index (χ1n) is 5.26. The summed E-state index contributed by atoms with van der Waals surface area (Å²) in [5.41, 5.74) is -0.100. The lowest BCUT2D eigenvalue weighted by Crippen LogP contribution is -2.36. The highest BCUT2D eigenvalue weighted by molar-refractivity contribution is 5.81. The topological polar surface area (TPSA) is 117 Å². The zero-order valence-electron chi connectivity index (χ0n) is 9.26. The molecule has 2 N–H and O–H groups in total. The molecule has 18 heavy (non-hydrogen) atoms. The molecule has 1 aliphatic rings. The van der Waals surface area contributed by atoms with Gasteiger partial charge in [0.25, 0.3) is 0 Å². The fourth-order valence-corrected chi connectivity index (χ4v) is 2.08. The van der Waals surface area contributed by atoms with Crippen LogP contribution in [0.1, 0.15) is 6.42 Å². The van der Waals surface area contributed by atoms with E-state index in [0.29, 0.717) is 0 Å². The van der Waals surface area contributed by atoms with Gasteiger partial charge < -0.3 is 15.1 Å². The third kappa shape index (κ3) is 2.09. The average Bonchev–Trinajstić information content (AvgIpc) is 2.71. The van der Waals surface area contributed by atoms with Gasteiger partial charge in [0.05, 0.1) is 11.0 Å². The van der Waals surface area contributed by atoms with Crippen LogP contribution >= 0.6 is 0 Å². The van der Waals surface area contributed by atoms with Gasteiger partial charge in [0.15, 0.2) is 0 Å². The summed E-state index contributed by atoms with van der Waals surface area (Å²) in [6.07, 6.45) is 1.67. The Morgan fingerprint density at radius 3 is 2.94 bits per heavy atom. The number of carbonyl (C=O) groups is 1. The Morgan fingerprint density at radius 2 is 2.33 bits per heavy atom. The first kappa shape index (κ1) is 12.2. The maximum absolute atomic E-state index is 11.1. The summed E-state index contributed by atoms with van der Waals surface area (Å²) in [5.74, 6) is -1.11. The highest BCUT2D eigenvalue weighted by Crippen LogP contribution is 2.32. The molecule has 2 heterocycles. The van der Waals surface area contributed by atoms with Crippen molar-refractivity contribution in [3.63, 3.8) is 0 Å². The lowest BCUT2D eigenvalue weighted by atomic mass is 10.2. The quantitative estimate of drug-likeness (QED) is 0.575. The monoisotopic (exact) mass is 253 g/mol. The summed E-state index contributed by atoms with van der Waals surface area (Å²) < 4.78 is 0. The molecule has 8 nitrogen and oxygen atoms in total. The molecule has 1 saturated heterocycles. The van der Waals surface area contributed by atoms with E-state index in [2.05, 4.69) is 4.98 Å². The van der Waals surface area contributed by atoms with Gasteiger partial charge in [0.2, 0.25) is 0 Å². The molecule has 0 bridgehead atoms. The summed E-state index contributed by atoms with van der Waals surface area (Å²) in [6.45, 7) is 0.0574. The van der Waals surface area contributed by atoms with Crippen LogP contribution in [0.3, 0.4) is 0 Å². The lowest BCUT2D eigenvalue weighted by molar-refractivity contribution is -0.384. The minimum absolute atomic E-state index is 0.0504. The van der Waals surface area contributed by atoms with Crippen LogP contribution in [0.25, 0.3) is 0 Å². The normalized spacial score (nSPS) is 23.1. The van der Waals surface area contributed by atoms with Gasteiger partial charge >= 0.3 is 11.7 Å². The molecule has 2 rings (SSSR count). The Labute approximate surface area is 102 Å². The van der Waals surface area contributed by atoms with E-state index in [9.17, 15) is 20.0 Å². The minimum atomic E-state index is -1.11. The van der Waals surface area contributed by atoms with Gasteiger partial charge in [-0.3, -0.25) is 15.1 Å². The van der Waals surface area contributed by atoms with Crippen LogP contribution in [0.2, 0.25) is 0 Å². The first-order chi connectivity index (χ1) is 8.50. The van der Waals surface area contributed by atoms with E-state index in [1.54, 1.807) is 0 Å². The van der Waals surface area contributed by atoms with E-state index < -0.39 is 23.0 Å². The molecule has 1 aromatic heterocycles. The predicted octanol–water partition coefficient (Wildman–Crippen LogP) is 0.0140. The van der Waals surface area contributed by atoms with Gasteiger partial charge in [-0.2, -0.15) is 0 Å². The van der Waals surface area contributed by atoms with Crippen LogP contribution in [-0.2, 0) is 4.79 Å². The minimum Gasteiger partial charge on any atom is -0.480 e. The number of aliphatic carboxylic acids is 1. The van der Waals surface area contributed by atoms with Crippen molar-refractivity contribution in [2.75, 3.05) is 11.4 Å². The summed E-state index contributed by atoms with van der Waals surface area (Å²) >= 11 is 0. The van der Waals surface area contributed by atoms with Crippen molar-refractivity contribution in [3.8, 4) is 0 Å². The van der Waals surface area contributed by atoms with E-state index >= 15 is 0 Å². The predicted molar refractivity (Wildman–Crippen MR) is 60.3 cm³/mol. The second-order valence-corrected chi connectivity index (χ2v) is 4.02. The molecule has 0 radical (unpaired) electrons. The molecule has 0 saturated carbocycles. The molecule has 0 spiro atoms. The van der Waals surface area contributed by atoms with Crippen molar-refractivity contribution in [3.05, 3.63) is 28.6 Å². The van der Waals surface area contributed by atoms with Crippen LogP contribution in [0, 0.1) is 10.1 Å². The largest absolute Gasteiger partial charge is 0.480 e. The van der Waals surface area contributed by atoms with E-state index in [1.165, 1.54) is 17.2 Å². The fraction of sp³-hybridized carbons (Fsp3) is 0.400. The Bertz CT molecular complexity index is 492. The molecule has 8 heteroatoms. The Hall–Kier alpha value is -2.22. The van der Waals surface area contributed by atoms with Crippen LogP contribution in [0.5, 0.6) is 0 Å². The number of carboxylic acid groups (broad SMARTS) is 1. The summed E-state index contributed by atoms with van der Waals surface area (Å²) in [7, 11) is 0. The molecular formula is C10H11N3O5. The summed E-state index contributed by atoms with van der Waals surface area (Å²) in [5, 5.41) is 29.4. The number of β-amino-alcohol motifs (C(OH)–C–C–N with tert-alkyl or cyclic N) is 1. The molecule has 1 aliphatic heterocycles. The van der Waals surface area contributed by atoms with Gasteiger partial charge in [0, 0.05) is 19.2 Å². The molecule has 1 aromatic rings. The summed E-state index contributed by atoms with van der Waals surface area (Å²) in [4.78, 5) is 26.3. The van der Waals surface area contributed by atoms with E-state index in [1.807, 2.05) is 0 Å². The lowest BCUT2D eigenvalue weighted by Gasteiger charge is -2.22. The van der Waals surface area contributed by atoms with E-state index in [-0.39, 0.29) is 24.3 Å². The highest BCUT2D eigenvalue weighted by atomic mass is 16.6. The highest BCUT2D eigenvalue weighted by Gasteiger charge is 2.38. The number of pyridine rings is 1. The number of aliphatic hydroxyl groups is 1. The van der Waals surface area contributed by atoms with Crippen molar-refractivity contribution >= 4 is 17.3 Å². The van der Waals surface area contributed by atoms with Gasteiger partial charge in [-0.1, -0.05) is 0 Å². The zero-order valence-corrected chi connectivity index (χ0v) is 9.26. The van der Waals surface area contributed by atoms with Gasteiger partial charge in [-0.05, 0) is 6.07 Å². The van der Waals surface area contributed by atoms with E-state index in [0.717, 1.165) is 6.20 Å². The van der Waals surface area contributed by atoms with Crippen LogP contribution in [0.15, 0.2) is 18.5 Å². The van der Waals surface area contributed by atoms with Gasteiger partial charge in [-0.15, -0.1) is 0 Å². The second kappa shape index (κ2) is 4.57. The molecule has 0 aromatic carbocycles. The van der Waals surface area contributed by atoms with Crippen molar-refractivity contribution in [2.24, 2.45) is 0 Å². The number of aliphatic hydroxyl groups excluding tert-OH is 1. The van der Waals surface area contributed by atoms with Crippen LogP contribution < -0.4 is 4.90 Å². The molecule has 0 amide bonds. The standard InChI is InChI=1S/C10H11N3O5/c14-6-3-8(10(15)16)12(5-6)7-1-2-11-4-9(7)13(17)18/h1-2,4,6,8,14H,3,5H2,(H,15,16). The average molecular weight is 253 g/mol. The number of rotatable bonds is 3. The van der Waals surface area contributed by atoms with Crippen LogP contribution in [-0.4, -0.2) is 44.8 Å². The van der Waals surface area contributed by atoms with Crippen molar-refractivity contribution < 1.29 is 19.9 Å². The van der Waals surface area contributed by atoms with Crippen LogP contribution in [0.4, 0.5) is 11.4 Å². The fourth-order valence-electron chi connectivity index (χ4n) is 2.08. The molecular weight excluding hydrogens is 242 g/mol. The van der Waals surface area contributed by atoms with Gasteiger partial charge in [-0.25, -0.2) is 4.79 Å². The molecule has 96 valence electrons. The number of hydrogen-bond donors (Lipinski definition) is 2. The third-order valence-corrected chi connectivity index (χ3v) is 2.85. The maximum atomic E-state index is 11.1. The SMILES string of the molecule is O=C(O)C1CC(O)CN1c1ccncc1[N+](=O)[O-]. The summed E-state index contributed by atoms with van der Waals surface area (Å²) in [6, 6.07) is 0.424. The number of nitrogens with zero attached hydrogens (tertiary/aromatic N) is 3. The Balaban J connectivity index is 2.41. The van der Waals surface area contributed by atoms with Crippen molar-refractivity contribution in [2.45, 2.75) is 18.6 Å². The molecule has 0 aliphatic carbocycles. The molecule has 2 atom stereocenters. The number of nitro groups is 1. The number of aromatic nitrogens is 1. The molecule has 1 fully saturated rings. The van der Waals surface area contributed by atoms with E-state index in [4.69, 9.17) is 5.11 Å². The van der Waals surface area contributed by atoms with Crippen molar-refractivity contribution in [1.29, 1.82) is 0 Å². The number of carboxylic acids is 1. The Morgan fingerprint density at radius 1 is 1.61 bits per heavy atom. The van der Waals surface area contributed by atoms with Gasteiger partial charge in [0.1, 0.15) is 17.9 Å². The second-order valence-electron chi connectivity index (χ2n) is 4.02. The Kier molecular flexibility index (Phi) is 3.11. The zero-order chi connectivity index (χ0) is 13.3. The number of anilines is 1. The molecule has 2 unspecified atom stereocenters. The smallest absolute Gasteiger partial charge is 0.326 e. The third-order valence-electron chi connectivity index (χ3n) is 2.85. The first-order valence-corrected chi connectivity index (χ1v) is 5.26. The number of hydrogen-bond acceptors (Lipinski definition) is 6. The van der Waals surface area contributed by atoms with Crippen molar-refractivity contribution in [1.82, 2.24) is 4.98 Å².